The Labute approximate surface area is 334 Å². The zero-order chi connectivity index (χ0) is 38.7. The van der Waals surface area contributed by atoms with Crippen molar-refractivity contribution in [2.24, 2.45) is 0 Å². The first-order chi connectivity index (χ1) is 27.4. The molecule has 56 heavy (non-hydrogen) atoms. The van der Waals surface area contributed by atoms with Crippen LogP contribution in [0.2, 0.25) is 0 Å². The van der Waals surface area contributed by atoms with Crippen molar-refractivity contribution in [3.8, 4) is 11.8 Å². The SMILES string of the molecule is N#Cc1c(NC(=O)C(Sc2cccc(NC(=O)/C(=C\c3ccc(OCc4ccccc4)cc3)NC(=O)c3ccccc3)c2)c2ccccc2)sc2c1CCCC2. The van der Waals surface area contributed by atoms with Crippen molar-refractivity contribution in [2.45, 2.75) is 42.4 Å². The Hall–Kier alpha value is -6.41. The van der Waals surface area contributed by atoms with Crippen LogP contribution in [0.3, 0.4) is 0 Å². The number of benzene rings is 5. The standard InChI is InChI=1S/C46H38N4O4S2/c47-29-39-38-21-10-11-22-41(38)56-46(39)50-45(53)42(33-15-6-2-7-16-33)55-37-20-12-19-35(28-37)48-44(52)40(49-43(51)34-17-8-3-9-18-34)27-31-23-25-36(26-24-31)54-30-32-13-4-1-5-14-32/h1-9,12-20,23-28,42H,10-11,21-22,30H2,(H,48,52)(H,49,51)(H,50,53)/b40-27+. The van der Waals surface area contributed by atoms with Crippen LogP contribution in [0.4, 0.5) is 10.7 Å². The molecule has 3 amide bonds. The maximum atomic E-state index is 14.0. The Morgan fingerprint density at radius 2 is 1.50 bits per heavy atom. The molecule has 7 rings (SSSR count). The molecule has 0 saturated carbocycles. The Kier molecular flexibility index (Phi) is 12.4. The summed E-state index contributed by atoms with van der Waals surface area (Å²) in [7, 11) is 0. The highest BCUT2D eigenvalue weighted by atomic mass is 32.2. The number of nitrogens with zero attached hydrogens (tertiary/aromatic N) is 1. The zero-order valence-corrected chi connectivity index (χ0v) is 32.0. The number of nitrogens with one attached hydrogen (secondary N) is 3. The number of rotatable bonds is 13. The molecule has 1 aliphatic carbocycles. The molecule has 10 heteroatoms. The van der Waals surface area contributed by atoms with Gasteiger partial charge in [0.2, 0.25) is 5.91 Å². The number of aryl methyl sites for hydroxylation is 1. The molecule has 0 spiro atoms. The normalized spacial score (nSPS) is 12.7. The summed E-state index contributed by atoms with van der Waals surface area (Å²) in [6, 6.07) is 44.9. The van der Waals surface area contributed by atoms with Gasteiger partial charge in [-0.1, -0.05) is 97.1 Å². The number of amides is 3. The number of thioether (sulfide) groups is 1. The van der Waals surface area contributed by atoms with Gasteiger partial charge in [0.05, 0.1) is 5.56 Å². The second kappa shape index (κ2) is 18.3. The monoisotopic (exact) mass is 774 g/mol. The van der Waals surface area contributed by atoms with E-state index >= 15 is 0 Å². The summed E-state index contributed by atoms with van der Waals surface area (Å²) in [6.07, 6.45) is 5.50. The summed E-state index contributed by atoms with van der Waals surface area (Å²) < 4.78 is 5.93. The van der Waals surface area contributed by atoms with Gasteiger partial charge in [-0.05, 0) is 96.5 Å². The molecule has 1 aromatic heterocycles. The minimum atomic E-state index is -0.645. The molecule has 6 aromatic rings. The van der Waals surface area contributed by atoms with Crippen LogP contribution in [0.1, 0.15) is 61.1 Å². The Morgan fingerprint density at radius 3 is 2.23 bits per heavy atom. The molecule has 0 bridgehead atoms. The van der Waals surface area contributed by atoms with E-state index in [1.54, 1.807) is 48.5 Å². The Bertz CT molecular complexity index is 2390. The summed E-state index contributed by atoms with van der Waals surface area (Å²) in [5.41, 5.74) is 5.09. The van der Waals surface area contributed by atoms with Gasteiger partial charge in [-0.15, -0.1) is 23.1 Å². The smallest absolute Gasteiger partial charge is 0.272 e. The lowest BCUT2D eigenvalue weighted by Gasteiger charge is -2.17. The first-order valence-corrected chi connectivity index (χ1v) is 20.0. The van der Waals surface area contributed by atoms with Crippen molar-refractivity contribution in [3.05, 3.63) is 183 Å². The highest BCUT2D eigenvalue weighted by Crippen LogP contribution is 2.41. The third kappa shape index (κ3) is 9.63. The average molecular weight is 775 g/mol. The second-order valence-corrected chi connectivity index (χ2v) is 15.4. The number of hydrogen-bond donors (Lipinski definition) is 3. The van der Waals surface area contributed by atoms with Gasteiger partial charge in [0.15, 0.2) is 0 Å². The average Bonchev–Trinajstić information content (AvgIpc) is 3.60. The first-order valence-electron chi connectivity index (χ1n) is 18.3. The lowest BCUT2D eigenvalue weighted by molar-refractivity contribution is -0.116. The summed E-state index contributed by atoms with van der Waals surface area (Å²) >= 11 is 2.84. The van der Waals surface area contributed by atoms with Crippen LogP contribution in [-0.2, 0) is 29.0 Å². The van der Waals surface area contributed by atoms with Gasteiger partial charge >= 0.3 is 0 Å². The molecule has 278 valence electrons. The van der Waals surface area contributed by atoms with Crippen LogP contribution in [0.5, 0.6) is 5.75 Å². The van der Waals surface area contributed by atoms with E-state index in [-0.39, 0.29) is 11.6 Å². The summed E-state index contributed by atoms with van der Waals surface area (Å²) in [6.45, 7) is 0.420. The van der Waals surface area contributed by atoms with Crippen molar-refractivity contribution in [1.29, 1.82) is 5.26 Å². The molecule has 0 radical (unpaired) electrons. The van der Waals surface area contributed by atoms with E-state index in [1.165, 1.54) is 28.0 Å². The maximum Gasteiger partial charge on any atom is 0.272 e. The van der Waals surface area contributed by atoms with Gasteiger partial charge in [0.1, 0.15) is 34.4 Å². The van der Waals surface area contributed by atoms with Crippen molar-refractivity contribution < 1.29 is 19.1 Å². The van der Waals surface area contributed by atoms with Gasteiger partial charge < -0.3 is 20.7 Å². The van der Waals surface area contributed by atoms with Crippen LogP contribution in [0.15, 0.2) is 150 Å². The van der Waals surface area contributed by atoms with E-state index < -0.39 is 17.1 Å². The zero-order valence-electron chi connectivity index (χ0n) is 30.4. The Morgan fingerprint density at radius 1 is 0.804 bits per heavy atom. The lowest BCUT2D eigenvalue weighted by atomic mass is 9.96. The van der Waals surface area contributed by atoms with Gasteiger partial charge in [-0.25, -0.2) is 0 Å². The van der Waals surface area contributed by atoms with Gasteiger partial charge in [-0.3, -0.25) is 14.4 Å². The minimum Gasteiger partial charge on any atom is -0.489 e. The van der Waals surface area contributed by atoms with Gasteiger partial charge in [0, 0.05) is 21.0 Å². The molecular weight excluding hydrogens is 737 g/mol. The number of ether oxygens (including phenoxy) is 1. The molecule has 0 saturated heterocycles. The molecule has 3 N–H and O–H groups in total. The summed E-state index contributed by atoms with van der Waals surface area (Å²) in [5.74, 6) is -0.524. The van der Waals surface area contributed by atoms with E-state index in [0.717, 1.165) is 47.3 Å². The number of thiophene rings is 1. The summed E-state index contributed by atoms with van der Waals surface area (Å²) in [5, 5.41) is 18.8. The minimum absolute atomic E-state index is 0.0448. The van der Waals surface area contributed by atoms with E-state index in [2.05, 4.69) is 22.0 Å². The number of carbonyl (C=O) groups excluding carboxylic acids is 3. The molecule has 8 nitrogen and oxygen atoms in total. The first kappa shape index (κ1) is 37.9. The predicted octanol–water partition coefficient (Wildman–Crippen LogP) is 9.96. The van der Waals surface area contributed by atoms with Gasteiger partial charge in [-0.2, -0.15) is 5.26 Å². The molecule has 0 fully saturated rings. The van der Waals surface area contributed by atoms with Gasteiger partial charge in [0.25, 0.3) is 11.8 Å². The quantitative estimate of drug-likeness (QED) is 0.0794. The maximum absolute atomic E-state index is 14.0. The van der Waals surface area contributed by atoms with E-state index in [9.17, 15) is 19.6 Å². The number of carbonyl (C=O) groups is 3. The molecule has 5 aromatic carbocycles. The molecule has 1 unspecified atom stereocenters. The predicted molar refractivity (Wildman–Crippen MR) is 224 cm³/mol. The van der Waals surface area contributed by atoms with E-state index in [4.69, 9.17) is 4.74 Å². The summed E-state index contributed by atoms with van der Waals surface area (Å²) in [4.78, 5) is 43.1. The largest absolute Gasteiger partial charge is 0.489 e. The number of hydrogen-bond acceptors (Lipinski definition) is 7. The molecule has 1 atom stereocenters. The highest BCUT2D eigenvalue weighted by molar-refractivity contribution is 8.00. The fourth-order valence-electron chi connectivity index (χ4n) is 6.34. The van der Waals surface area contributed by atoms with Crippen molar-refractivity contribution in [2.75, 3.05) is 10.6 Å². The van der Waals surface area contributed by atoms with Crippen molar-refractivity contribution >= 4 is 57.6 Å². The lowest BCUT2D eigenvalue weighted by Crippen LogP contribution is -2.30. The van der Waals surface area contributed by atoms with Crippen LogP contribution in [0.25, 0.3) is 6.08 Å². The van der Waals surface area contributed by atoms with E-state index in [1.807, 2.05) is 97.1 Å². The highest BCUT2D eigenvalue weighted by Gasteiger charge is 2.27. The fraction of sp³-hybridized carbons (Fsp3) is 0.130. The van der Waals surface area contributed by atoms with Crippen LogP contribution in [0, 0.1) is 11.3 Å². The van der Waals surface area contributed by atoms with Crippen LogP contribution in [-0.4, -0.2) is 17.7 Å². The van der Waals surface area contributed by atoms with Crippen LogP contribution >= 0.6 is 23.1 Å². The second-order valence-electron chi connectivity index (χ2n) is 13.1. The molecule has 1 aliphatic rings. The fourth-order valence-corrected chi connectivity index (χ4v) is 8.67. The Balaban J connectivity index is 1.10. The molecule has 0 aliphatic heterocycles. The van der Waals surface area contributed by atoms with Crippen molar-refractivity contribution in [3.63, 3.8) is 0 Å². The topological polar surface area (TPSA) is 120 Å². The number of anilines is 2. The number of nitriles is 1. The van der Waals surface area contributed by atoms with E-state index in [0.29, 0.717) is 39.7 Å². The molecular formula is C46H38N4O4S2. The molecule has 1 heterocycles. The van der Waals surface area contributed by atoms with Crippen LogP contribution < -0.4 is 20.7 Å². The third-order valence-corrected chi connectivity index (χ3v) is 11.6. The third-order valence-electron chi connectivity index (χ3n) is 9.17. The van der Waals surface area contributed by atoms with Crippen molar-refractivity contribution in [1.82, 2.24) is 5.32 Å². The number of fused-ring (bicyclic) bond motifs is 1.